The van der Waals surface area contributed by atoms with Gasteiger partial charge in [-0.05, 0) is 59.7 Å². The Morgan fingerprint density at radius 1 is 1.08 bits per heavy atom. The summed E-state index contributed by atoms with van der Waals surface area (Å²) in [4.78, 5) is 4.59. The minimum atomic E-state index is -2.91. The highest BCUT2D eigenvalue weighted by Gasteiger charge is 2.46. The van der Waals surface area contributed by atoms with Crippen molar-refractivity contribution in [1.82, 2.24) is 0 Å². The van der Waals surface area contributed by atoms with Crippen molar-refractivity contribution in [2.24, 2.45) is 10.4 Å². The molecule has 0 amide bonds. The number of hydrogen-bond acceptors (Lipinski definition) is 4. The average molecular weight is 364 g/mol. The molecule has 0 saturated carbocycles. The zero-order chi connectivity index (χ0) is 18.4. The highest BCUT2D eigenvalue weighted by atomic mass is 32.2. The summed E-state index contributed by atoms with van der Waals surface area (Å²) in [5.41, 5.74) is 5.98. The van der Waals surface area contributed by atoms with Crippen molar-refractivity contribution in [2.45, 2.75) is 19.3 Å². The Morgan fingerprint density at radius 2 is 1.81 bits per heavy atom. The third kappa shape index (κ3) is 2.75. The van der Waals surface area contributed by atoms with Crippen molar-refractivity contribution < 1.29 is 8.42 Å². The minimum Gasteiger partial charge on any atom is -0.292 e. The van der Waals surface area contributed by atoms with Crippen molar-refractivity contribution in [3.8, 4) is 17.2 Å². The third-order valence-electron chi connectivity index (χ3n) is 5.73. The fraction of sp³-hybridized carbons (Fsp3) is 0.333. The number of hydrogen-bond donors (Lipinski definition) is 0. The lowest BCUT2D eigenvalue weighted by molar-refractivity contribution is 0.383. The first-order valence-electron chi connectivity index (χ1n) is 8.78. The molecule has 2 aromatic rings. The quantitative estimate of drug-likeness (QED) is 0.779. The Kier molecular flexibility index (Phi) is 3.96. The molecule has 0 radical (unpaired) electrons. The van der Waals surface area contributed by atoms with Crippen molar-refractivity contribution in [1.29, 1.82) is 5.26 Å². The molecular formula is C21H20N2O2S. The van der Waals surface area contributed by atoms with Gasteiger partial charge in [-0.2, -0.15) is 5.26 Å². The Morgan fingerprint density at radius 3 is 2.50 bits per heavy atom. The summed E-state index contributed by atoms with van der Waals surface area (Å²) in [6.07, 6.45) is 2.16. The molecule has 4 rings (SSSR count). The molecule has 132 valence electrons. The van der Waals surface area contributed by atoms with Crippen LogP contribution in [0.3, 0.4) is 0 Å². The number of nitriles is 1. The summed E-state index contributed by atoms with van der Waals surface area (Å²) in [5.74, 6) is 0.494. The van der Waals surface area contributed by atoms with E-state index in [0.717, 1.165) is 28.8 Å². The van der Waals surface area contributed by atoms with Gasteiger partial charge in [-0.15, -0.1) is 0 Å². The van der Waals surface area contributed by atoms with E-state index >= 15 is 0 Å². The summed E-state index contributed by atoms with van der Waals surface area (Å²) in [6.45, 7) is 0. The van der Waals surface area contributed by atoms with Crippen molar-refractivity contribution >= 4 is 15.5 Å². The number of nitrogens with zero attached hydrogens (tertiary/aromatic N) is 2. The van der Waals surface area contributed by atoms with Crippen molar-refractivity contribution in [3.63, 3.8) is 0 Å². The van der Waals surface area contributed by atoms with Gasteiger partial charge in [0.05, 0.1) is 23.1 Å². The van der Waals surface area contributed by atoms with Gasteiger partial charge in [-0.1, -0.05) is 24.3 Å². The van der Waals surface area contributed by atoms with E-state index in [-0.39, 0.29) is 16.9 Å². The lowest BCUT2D eigenvalue weighted by Gasteiger charge is -2.33. The van der Waals surface area contributed by atoms with Gasteiger partial charge in [0.2, 0.25) is 0 Å². The molecule has 0 atom stereocenters. The molecule has 4 nitrogen and oxygen atoms in total. The van der Waals surface area contributed by atoms with Crippen LogP contribution in [0.5, 0.6) is 0 Å². The number of aliphatic imine (C=N–C) groups is 1. The maximum absolute atomic E-state index is 11.9. The third-order valence-corrected chi connectivity index (χ3v) is 7.38. The van der Waals surface area contributed by atoms with Gasteiger partial charge in [-0.25, -0.2) is 8.42 Å². The van der Waals surface area contributed by atoms with Crippen molar-refractivity contribution in [2.75, 3.05) is 18.6 Å². The van der Waals surface area contributed by atoms with E-state index in [1.165, 1.54) is 5.56 Å². The minimum absolute atomic E-state index is 0.143. The van der Waals surface area contributed by atoms with E-state index in [1.807, 2.05) is 18.2 Å². The van der Waals surface area contributed by atoms with Crippen LogP contribution in [0.15, 0.2) is 47.5 Å². The summed E-state index contributed by atoms with van der Waals surface area (Å²) < 4.78 is 23.8. The van der Waals surface area contributed by atoms with Crippen molar-refractivity contribution in [3.05, 3.63) is 59.2 Å². The van der Waals surface area contributed by atoms with Gasteiger partial charge in [0.15, 0.2) is 0 Å². The highest BCUT2D eigenvalue weighted by Crippen LogP contribution is 2.46. The van der Waals surface area contributed by atoms with Gasteiger partial charge in [0.25, 0.3) is 0 Å². The molecule has 5 heteroatoms. The molecule has 0 N–H and O–H groups in total. The summed E-state index contributed by atoms with van der Waals surface area (Å²) in [5, 5.41) is 9.13. The predicted molar refractivity (Wildman–Crippen MR) is 103 cm³/mol. The van der Waals surface area contributed by atoms with E-state index in [1.54, 1.807) is 13.1 Å². The first-order chi connectivity index (χ1) is 12.5. The normalized spacial score (nSPS) is 21.5. The van der Waals surface area contributed by atoms with Crippen LogP contribution in [0.4, 0.5) is 0 Å². The second-order valence-electron chi connectivity index (χ2n) is 7.25. The van der Waals surface area contributed by atoms with Gasteiger partial charge < -0.3 is 0 Å². The van der Waals surface area contributed by atoms with E-state index in [4.69, 9.17) is 5.26 Å². The molecule has 26 heavy (non-hydrogen) atoms. The first kappa shape index (κ1) is 17.0. The second-order valence-corrected chi connectivity index (χ2v) is 9.55. The number of fused-ring (bicyclic) bond motifs is 1. The van der Waals surface area contributed by atoms with E-state index in [9.17, 15) is 8.42 Å². The maximum atomic E-state index is 11.9. The van der Waals surface area contributed by atoms with E-state index in [0.29, 0.717) is 18.4 Å². The molecule has 1 spiro atoms. The predicted octanol–water partition coefficient (Wildman–Crippen LogP) is 3.40. The molecule has 1 saturated heterocycles. The first-order valence-corrected chi connectivity index (χ1v) is 10.6. The SMILES string of the molecule is CN=C1c2cc(-c3cccc(C#N)c3)ccc2CC12CCS(=O)(=O)CC2. The smallest absolute Gasteiger partial charge is 0.150 e. The topological polar surface area (TPSA) is 70.3 Å². The monoisotopic (exact) mass is 364 g/mol. The lowest BCUT2D eigenvalue weighted by atomic mass is 9.77. The van der Waals surface area contributed by atoms with Crippen LogP contribution >= 0.6 is 0 Å². The van der Waals surface area contributed by atoms with Gasteiger partial charge in [0, 0.05) is 18.2 Å². The maximum Gasteiger partial charge on any atom is 0.150 e. The largest absolute Gasteiger partial charge is 0.292 e. The van der Waals surface area contributed by atoms with Crippen LogP contribution in [0.2, 0.25) is 0 Å². The van der Waals surface area contributed by atoms with Crippen LogP contribution in [-0.2, 0) is 16.3 Å². The van der Waals surface area contributed by atoms with Gasteiger partial charge in [-0.3, -0.25) is 4.99 Å². The second kappa shape index (κ2) is 6.07. The highest BCUT2D eigenvalue weighted by molar-refractivity contribution is 7.91. The zero-order valence-electron chi connectivity index (χ0n) is 14.7. The van der Waals surface area contributed by atoms with Gasteiger partial charge >= 0.3 is 0 Å². The molecule has 0 bridgehead atoms. The Balaban J connectivity index is 1.75. The fourth-order valence-electron chi connectivity index (χ4n) is 4.33. The van der Waals surface area contributed by atoms with Gasteiger partial charge in [0.1, 0.15) is 9.84 Å². The fourth-order valence-corrected chi connectivity index (χ4v) is 5.94. The Hall–Kier alpha value is -2.45. The molecule has 2 aliphatic rings. The average Bonchev–Trinajstić information content (AvgIpc) is 2.97. The molecule has 0 aromatic heterocycles. The number of benzene rings is 2. The lowest BCUT2D eigenvalue weighted by Crippen LogP contribution is -2.38. The molecular weight excluding hydrogens is 344 g/mol. The van der Waals surface area contributed by atoms with E-state index in [2.05, 4.69) is 29.3 Å². The van der Waals surface area contributed by atoms with Crippen LogP contribution in [0.1, 0.15) is 29.5 Å². The molecule has 1 fully saturated rings. The standard InChI is InChI=1S/C21H20N2O2S/c1-23-20-19-12-17(16-4-2-3-15(11-16)14-22)5-6-18(19)13-21(20)7-9-26(24,25)10-8-21/h2-6,11-12H,7-10,13H2,1H3. The zero-order valence-corrected chi connectivity index (χ0v) is 15.5. The van der Waals surface area contributed by atoms with Crippen LogP contribution in [-0.4, -0.2) is 32.7 Å². The summed E-state index contributed by atoms with van der Waals surface area (Å²) in [7, 11) is -1.11. The Bertz CT molecular complexity index is 1050. The molecule has 2 aromatic carbocycles. The van der Waals surface area contributed by atoms with E-state index < -0.39 is 9.84 Å². The molecule has 1 heterocycles. The molecule has 1 aliphatic carbocycles. The van der Waals surface area contributed by atoms with Crippen LogP contribution in [0, 0.1) is 16.7 Å². The van der Waals surface area contributed by atoms with Crippen LogP contribution in [0.25, 0.3) is 11.1 Å². The van der Waals surface area contributed by atoms with Crippen LogP contribution < -0.4 is 0 Å². The number of rotatable bonds is 1. The summed E-state index contributed by atoms with van der Waals surface area (Å²) >= 11 is 0. The summed E-state index contributed by atoms with van der Waals surface area (Å²) in [6, 6.07) is 16.1. The molecule has 0 unspecified atom stereocenters. The Labute approximate surface area is 154 Å². The number of sulfone groups is 1. The molecule has 1 aliphatic heterocycles.